The number of hydrogen-bond donors (Lipinski definition) is 0. The maximum atomic E-state index is 10.5. The van der Waals surface area contributed by atoms with Gasteiger partial charge in [0.15, 0.2) is 11.1 Å². The second kappa shape index (κ2) is 3.64. The highest BCUT2D eigenvalue weighted by Gasteiger charge is 2.18. The molecule has 3 nitrogen and oxygen atoms in total. The quantitative estimate of drug-likeness (QED) is 0.574. The summed E-state index contributed by atoms with van der Waals surface area (Å²) in [6.45, 7) is 0. The minimum Gasteiger partial charge on any atom is -0.298 e. The molecule has 0 unspecified atom stereocenters. The Morgan fingerprint density at radius 2 is 2.17 bits per heavy atom. The van der Waals surface area contributed by atoms with Crippen molar-refractivity contribution in [1.29, 1.82) is 0 Å². The first kappa shape index (κ1) is 9.84. The van der Waals surface area contributed by atoms with Crippen LogP contribution in [0.3, 0.4) is 0 Å². The summed E-state index contributed by atoms with van der Waals surface area (Å²) in [7, 11) is 1.61. The maximum Gasteiger partial charge on any atom is 0.155 e. The molecule has 0 spiro atoms. The topological polar surface area (TPSA) is 34.9 Å². The van der Waals surface area contributed by atoms with Crippen LogP contribution in [0.15, 0.2) is 0 Å². The van der Waals surface area contributed by atoms with Crippen molar-refractivity contribution >= 4 is 41.1 Å². The highest BCUT2D eigenvalue weighted by Crippen LogP contribution is 2.29. The molecule has 0 saturated carbocycles. The Hall–Kier alpha value is -0.250. The highest BCUT2D eigenvalue weighted by molar-refractivity contribution is 6.44. The van der Waals surface area contributed by atoms with Gasteiger partial charge in [-0.15, -0.1) is 0 Å². The third-order valence-electron chi connectivity index (χ3n) is 1.36. The van der Waals surface area contributed by atoms with E-state index in [4.69, 9.17) is 34.8 Å². The molecule has 1 rings (SSSR count). The van der Waals surface area contributed by atoms with E-state index in [1.165, 1.54) is 4.68 Å². The van der Waals surface area contributed by atoms with Crippen LogP contribution in [-0.2, 0) is 7.05 Å². The molecule has 0 N–H and O–H groups in total. The monoisotopic (exact) mass is 226 g/mol. The Morgan fingerprint density at radius 1 is 1.58 bits per heavy atom. The van der Waals surface area contributed by atoms with Crippen molar-refractivity contribution in [1.82, 2.24) is 9.78 Å². The molecule has 0 aliphatic heterocycles. The zero-order chi connectivity index (χ0) is 9.30. The van der Waals surface area contributed by atoms with Crippen molar-refractivity contribution in [2.45, 2.75) is 4.84 Å². The van der Waals surface area contributed by atoms with E-state index in [-0.39, 0.29) is 10.7 Å². The van der Waals surface area contributed by atoms with E-state index in [2.05, 4.69) is 5.10 Å². The van der Waals surface area contributed by atoms with Crippen LogP contribution in [0.2, 0.25) is 5.15 Å². The minimum atomic E-state index is -0.830. The molecule has 0 atom stereocenters. The van der Waals surface area contributed by atoms with Crippen molar-refractivity contribution in [2.24, 2.45) is 7.05 Å². The molecule has 6 heteroatoms. The SMILES string of the molecule is Cn1nc(C(Cl)Cl)c(C=O)c1Cl. The van der Waals surface area contributed by atoms with Crippen LogP contribution in [0.4, 0.5) is 0 Å². The first-order valence-electron chi connectivity index (χ1n) is 3.03. The molecule has 0 amide bonds. The Labute approximate surface area is 84.2 Å². The molecule has 0 fully saturated rings. The summed E-state index contributed by atoms with van der Waals surface area (Å²) < 4.78 is 1.35. The lowest BCUT2D eigenvalue weighted by atomic mass is 10.3. The third-order valence-corrected chi connectivity index (χ3v) is 2.23. The number of alkyl halides is 2. The van der Waals surface area contributed by atoms with Crippen LogP contribution in [0.1, 0.15) is 20.9 Å². The van der Waals surface area contributed by atoms with Gasteiger partial charge in [-0.05, 0) is 0 Å². The van der Waals surface area contributed by atoms with Gasteiger partial charge in [-0.1, -0.05) is 34.8 Å². The Balaban J connectivity index is 3.29. The summed E-state index contributed by atoms with van der Waals surface area (Å²) in [4.78, 5) is 9.68. The molecule has 1 aromatic heterocycles. The summed E-state index contributed by atoms with van der Waals surface area (Å²) in [5, 5.41) is 4.11. The van der Waals surface area contributed by atoms with Gasteiger partial charge in [0.1, 0.15) is 10.8 Å². The van der Waals surface area contributed by atoms with E-state index < -0.39 is 4.84 Å². The van der Waals surface area contributed by atoms with Gasteiger partial charge in [-0.2, -0.15) is 5.10 Å². The fourth-order valence-electron chi connectivity index (χ4n) is 0.810. The number of nitrogens with zero attached hydrogens (tertiary/aromatic N) is 2. The number of carbonyl (C=O) groups excluding carboxylic acids is 1. The van der Waals surface area contributed by atoms with Crippen LogP contribution in [-0.4, -0.2) is 16.1 Å². The van der Waals surface area contributed by atoms with E-state index in [9.17, 15) is 4.79 Å². The number of hydrogen-bond acceptors (Lipinski definition) is 2. The van der Waals surface area contributed by atoms with Crippen LogP contribution in [0.5, 0.6) is 0 Å². The molecular weight excluding hydrogens is 222 g/mol. The molecule has 1 heterocycles. The number of carbonyl (C=O) groups is 1. The molecule has 0 aliphatic carbocycles. The van der Waals surface area contributed by atoms with E-state index in [0.29, 0.717) is 12.0 Å². The molecule has 0 radical (unpaired) electrons. The van der Waals surface area contributed by atoms with Gasteiger partial charge in [0.05, 0.1) is 5.56 Å². The molecular formula is C6H5Cl3N2O. The molecule has 0 saturated heterocycles. The first-order valence-corrected chi connectivity index (χ1v) is 4.28. The van der Waals surface area contributed by atoms with Gasteiger partial charge in [0.2, 0.25) is 0 Å². The zero-order valence-electron chi connectivity index (χ0n) is 6.09. The van der Waals surface area contributed by atoms with E-state index >= 15 is 0 Å². The Kier molecular flexibility index (Phi) is 2.99. The van der Waals surface area contributed by atoms with Crippen LogP contribution in [0.25, 0.3) is 0 Å². The second-order valence-corrected chi connectivity index (χ2v) is 3.59. The number of halogens is 3. The van der Waals surface area contributed by atoms with Crippen LogP contribution < -0.4 is 0 Å². The molecule has 0 aromatic carbocycles. The lowest BCUT2D eigenvalue weighted by Gasteiger charge is -1.93. The Bertz CT molecular complexity index is 308. The van der Waals surface area contributed by atoms with Crippen molar-refractivity contribution in [3.8, 4) is 0 Å². The van der Waals surface area contributed by atoms with Crippen LogP contribution >= 0.6 is 34.8 Å². The van der Waals surface area contributed by atoms with E-state index in [0.717, 1.165) is 0 Å². The van der Waals surface area contributed by atoms with Gasteiger partial charge in [-0.3, -0.25) is 9.48 Å². The second-order valence-electron chi connectivity index (χ2n) is 2.13. The standard InChI is InChI=1S/C6H5Cl3N2O/c1-11-6(9)3(2-12)4(10-11)5(7)8/h2,5H,1H3. The van der Waals surface area contributed by atoms with E-state index in [1.54, 1.807) is 7.05 Å². The molecule has 0 aliphatic rings. The zero-order valence-corrected chi connectivity index (χ0v) is 8.36. The fourth-order valence-corrected chi connectivity index (χ4v) is 1.31. The summed E-state index contributed by atoms with van der Waals surface area (Å²) >= 11 is 16.8. The summed E-state index contributed by atoms with van der Waals surface area (Å²) in [6, 6.07) is 0. The predicted octanol–water partition coefficient (Wildman–Crippen LogP) is 2.36. The molecule has 12 heavy (non-hydrogen) atoms. The lowest BCUT2D eigenvalue weighted by Crippen LogP contribution is -1.91. The van der Waals surface area contributed by atoms with E-state index in [1.807, 2.05) is 0 Å². The van der Waals surface area contributed by atoms with Gasteiger partial charge in [-0.25, -0.2) is 0 Å². The predicted molar refractivity (Wildman–Crippen MR) is 48.1 cm³/mol. The minimum absolute atomic E-state index is 0.242. The lowest BCUT2D eigenvalue weighted by molar-refractivity contribution is 0.112. The smallest absolute Gasteiger partial charge is 0.155 e. The number of aryl methyl sites for hydroxylation is 1. The summed E-state index contributed by atoms with van der Waals surface area (Å²) in [5.74, 6) is 0. The van der Waals surface area contributed by atoms with Gasteiger partial charge >= 0.3 is 0 Å². The van der Waals surface area contributed by atoms with Crippen molar-refractivity contribution in [3.05, 3.63) is 16.4 Å². The van der Waals surface area contributed by atoms with Crippen LogP contribution in [0, 0.1) is 0 Å². The van der Waals surface area contributed by atoms with Crippen molar-refractivity contribution < 1.29 is 4.79 Å². The number of aromatic nitrogens is 2. The maximum absolute atomic E-state index is 10.5. The fraction of sp³-hybridized carbons (Fsp3) is 0.333. The van der Waals surface area contributed by atoms with Gasteiger partial charge < -0.3 is 0 Å². The molecule has 1 aromatic rings. The summed E-state index contributed by atoms with van der Waals surface area (Å²) in [6.07, 6.45) is 0.586. The molecule has 0 bridgehead atoms. The average Bonchev–Trinajstić information content (AvgIpc) is 2.29. The highest BCUT2D eigenvalue weighted by atomic mass is 35.5. The first-order chi connectivity index (χ1) is 5.57. The van der Waals surface area contributed by atoms with Gasteiger partial charge in [0, 0.05) is 7.05 Å². The number of aldehydes is 1. The van der Waals surface area contributed by atoms with Crippen molar-refractivity contribution in [2.75, 3.05) is 0 Å². The Morgan fingerprint density at radius 3 is 2.50 bits per heavy atom. The number of rotatable bonds is 2. The largest absolute Gasteiger partial charge is 0.298 e. The molecule has 66 valence electrons. The van der Waals surface area contributed by atoms with Crippen molar-refractivity contribution in [3.63, 3.8) is 0 Å². The normalized spacial score (nSPS) is 10.8. The van der Waals surface area contributed by atoms with Gasteiger partial charge in [0.25, 0.3) is 0 Å². The average molecular weight is 227 g/mol. The third kappa shape index (κ3) is 1.58. The summed E-state index contributed by atoms with van der Waals surface area (Å²) in [5.41, 5.74) is 0.537.